The zero-order chi connectivity index (χ0) is 21.4. The SMILES string of the molecule is N#CC(COC(N)=O)(c1ccccc1)C(CC1CCCCC1)C(=O)N1CCOCC1. The molecule has 2 aliphatic rings. The summed E-state index contributed by atoms with van der Waals surface area (Å²) in [4.78, 5) is 27.0. The number of ether oxygens (including phenoxy) is 2. The van der Waals surface area contributed by atoms with Crippen LogP contribution in [0.4, 0.5) is 4.79 Å². The molecule has 1 heterocycles. The fraction of sp³-hybridized carbons (Fsp3) is 0.609. The van der Waals surface area contributed by atoms with Crippen LogP contribution < -0.4 is 5.73 Å². The summed E-state index contributed by atoms with van der Waals surface area (Å²) in [5.41, 5.74) is 4.64. The first-order valence-corrected chi connectivity index (χ1v) is 10.8. The molecule has 2 fully saturated rings. The average Bonchev–Trinajstić information content (AvgIpc) is 2.80. The van der Waals surface area contributed by atoms with E-state index < -0.39 is 17.4 Å². The highest BCUT2D eigenvalue weighted by Gasteiger charge is 2.48. The van der Waals surface area contributed by atoms with Crippen molar-refractivity contribution in [1.82, 2.24) is 4.90 Å². The Balaban J connectivity index is 2.00. The van der Waals surface area contributed by atoms with E-state index in [1.807, 2.05) is 30.3 Å². The minimum Gasteiger partial charge on any atom is -0.448 e. The maximum atomic E-state index is 13.7. The Bertz CT molecular complexity index is 751. The standard InChI is InChI=1S/C23H31N3O4/c24-16-23(17-30-22(25)28,19-9-5-2-6-10-19)20(15-18-7-3-1-4-8-18)21(27)26-11-13-29-14-12-26/h2,5-6,9-10,18,20H,1,3-4,7-8,11-15,17H2,(H2,25,28). The number of nitrogens with zero attached hydrogens (tertiary/aromatic N) is 2. The fourth-order valence-corrected chi connectivity index (χ4v) is 4.75. The number of amides is 2. The van der Waals surface area contributed by atoms with Gasteiger partial charge in [0.25, 0.3) is 0 Å². The van der Waals surface area contributed by atoms with Crippen LogP contribution in [0.3, 0.4) is 0 Å². The molecule has 0 aromatic heterocycles. The first-order chi connectivity index (χ1) is 14.6. The van der Waals surface area contributed by atoms with E-state index in [9.17, 15) is 14.9 Å². The molecule has 2 N–H and O–H groups in total. The number of benzene rings is 1. The largest absolute Gasteiger partial charge is 0.448 e. The molecule has 1 saturated heterocycles. The monoisotopic (exact) mass is 413 g/mol. The number of morpholine rings is 1. The summed E-state index contributed by atoms with van der Waals surface area (Å²) in [5, 5.41) is 10.4. The van der Waals surface area contributed by atoms with Gasteiger partial charge in [0, 0.05) is 13.1 Å². The second-order valence-electron chi connectivity index (χ2n) is 8.29. The van der Waals surface area contributed by atoms with Crippen LogP contribution >= 0.6 is 0 Å². The molecule has 2 atom stereocenters. The van der Waals surface area contributed by atoms with E-state index in [4.69, 9.17) is 15.2 Å². The van der Waals surface area contributed by atoms with Gasteiger partial charge in [0.05, 0.1) is 25.2 Å². The molecule has 1 aromatic carbocycles. The summed E-state index contributed by atoms with van der Waals surface area (Å²) >= 11 is 0. The summed E-state index contributed by atoms with van der Waals surface area (Å²) in [5.74, 6) is -0.313. The summed E-state index contributed by atoms with van der Waals surface area (Å²) in [7, 11) is 0. The lowest BCUT2D eigenvalue weighted by atomic mass is 9.66. The molecule has 1 aromatic rings. The van der Waals surface area contributed by atoms with Gasteiger partial charge < -0.3 is 20.1 Å². The highest BCUT2D eigenvalue weighted by Crippen LogP contribution is 2.41. The summed E-state index contributed by atoms with van der Waals surface area (Å²) < 4.78 is 10.6. The van der Waals surface area contributed by atoms with Gasteiger partial charge in [-0.2, -0.15) is 5.26 Å². The Hall–Kier alpha value is -2.59. The van der Waals surface area contributed by atoms with E-state index in [1.165, 1.54) is 6.42 Å². The molecule has 0 bridgehead atoms. The van der Waals surface area contributed by atoms with Crippen molar-refractivity contribution < 1.29 is 19.1 Å². The number of carbonyl (C=O) groups excluding carboxylic acids is 2. The van der Waals surface area contributed by atoms with Crippen molar-refractivity contribution in [3.05, 3.63) is 35.9 Å². The van der Waals surface area contributed by atoms with Gasteiger partial charge >= 0.3 is 6.09 Å². The lowest BCUT2D eigenvalue weighted by molar-refractivity contribution is -0.143. The number of rotatable bonds is 7. The zero-order valence-corrected chi connectivity index (χ0v) is 17.4. The number of nitrogens with two attached hydrogens (primary N) is 1. The molecule has 7 nitrogen and oxygen atoms in total. The lowest BCUT2D eigenvalue weighted by Crippen LogP contribution is -2.52. The predicted octanol–water partition coefficient (Wildman–Crippen LogP) is 2.99. The van der Waals surface area contributed by atoms with Crippen LogP contribution in [0.15, 0.2) is 30.3 Å². The Labute approximate surface area is 178 Å². The molecule has 1 saturated carbocycles. The van der Waals surface area contributed by atoms with Crippen molar-refractivity contribution in [2.75, 3.05) is 32.9 Å². The third-order valence-electron chi connectivity index (χ3n) is 6.44. The van der Waals surface area contributed by atoms with E-state index in [0.29, 0.717) is 44.2 Å². The highest BCUT2D eigenvalue weighted by molar-refractivity contribution is 5.82. The second kappa shape index (κ2) is 10.4. The van der Waals surface area contributed by atoms with Crippen LogP contribution in [0, 0.1) is 23.2 Å². The van der Waals surface area contributed by atoms with Crippen LogP contribution in [0.2, 0.25) is 0 Å². The van der Waals surface area contributed by atoms with Crippen molar-refractivity contribution in [3.8, 4) is 6.07 Å². The van der Waals surface area contributed by atoms with Crippen LogP contribution in [0.5, 0.6) is 0 Å². The molecule has 1 aliphatic carbocycles. The molecule has 3 rings (SSSR count). The van der Waals surface area contributed by atoms with Gasteiger partial charge in [-0.05, 0) is 17.9 Å². The van der Waals surface area contributed by atoms with Gasteiger partial charge in [0.1, 0.15) is 12.0 Å². The Morgan fingerprint density at radius 2 is 1.87 bits per heavy atom. The van der Waals surface area contributed by atoms with E-state index >= 15 is 0 Å². The van der Waals surface area contributed by atoms with Crippen LogP contribution in [0.25, 0.3) is 0 Å². The van der Waals surface area contributed by atoms with Crippen molar-refractivity contribution in [1.29, 1.82) is 5.26 Å². The van der Waals surface area contributed by atoms with E-state index in [2.05, 4.69) is 6.07 Å². The topological polar surface area (TPSA) is 106 Å². The number of nitriles is 1. The van der Waals surface area contributed by atoms with Crippen LogP contribution in [-0.4, -0.2) is 49.8 Å². The molecule has 162 valence electrons. The summed E-state index contributed by atoms with van der Waals surface area (Å²) in [6, 6.07) is 11.6. The Kier molecular flexibility index (Phi) is 7.69. The lowest BCUT2D eigenvalue weighted by Gasteiger charge is -2.40. The Morgan fingerprint density at radius 3 is 2.47 bits per heavy atom. The molecule has 2 unspecified atom stereocenters. The number of hydrogen-bond donors (Lipinski definition) is 1. The third-order valence-corrected chi connectivity index (χ3v) is 6.44. The van der Waals surface area contributed by atoms with Gasteiger partial charge in [-0.15, -0.1) is 0 Å². The zero-order valence-electron chi connectivity index (χ0n) is 17.4. The van der Waals surface area contributed by atoms with Gasteiger partial charge in [-0.1, -0.05) is 62.4 Å². The Morgan fingerprint density at radius 1 is 1.20 bits per heavy atom. The van der Waals surface area contributed by atoms with Crippen molar-refractivity contribution >= 4 is 12.0 Å². The third kappa shape index (κ3) is 5.11. The van der Waals surface area contributed by atoms with Crippen molar-refractivity contribution in [2.45, 2.75) is 43.9 Å². The number of hydrogen-bond acceptors (Lipinski definition) is 5. The molecular formula is C23H31N3O4. The molecular weight excluding hydrogens is 382 g/mol. The smallest absolute Gasteiger partial charge is 0.404 e. The highest BCUT2D eigenvalue weighted by atomic mass is 16.5. The molecule has 7 heteroatoms. The summed E-state index contributed by atoms with van der Waals surface area (Å²) in [6.07, 6.45) is 5.27. The summed E-state index contributed by atoms with van der Waals surface area (Å²) in [6.45, 7) is 1.76. The molecule has 1 aliphatic heterocycles. The first-order valence-electron chi connectivity index (χ1n) is 10.8. The average molecular weight is 414 g/mol. The van der Waals surface area contributed by atoms with Gasteiger partial charge in [0.15, 0.2) is 0 Å². The molecule has 0 radical (unpaired) electrons. The minimum absolute atomic E-state index is 0.0673. The van der Waals surface area contributed by atoms with Crippen molar-refractivity contribution in [3.63, 3.8) is 0 Å². The van der Waals surface area contributed by atoms with Crippen LogP contribution in [0.1, 0.15) is 44.1 Å². The van der Waals surface area contributed by atoms with Gasteiger partial charge in [0.2, 0.25) is 5.91 Å². The second-order valence-corrected chi connectivity index (χ2v) is 8.29. The number of primary amides is 1. The van der Waals surface area contributed by atoms with E-state index in [0.717, 1.165) is 25.7 Å². The maximum absolute atomic E-state index is 13.7. The van der Waals surface area contributed by atoms with Crippen LogP contribution in [-0.2, 0) is 19.7 Å². The molecule has 0 spiro atoms. The quantitative estimate of drug-likeness (QED) is 0.740. The van der Waals surface area contributed by atoms with E-state index in [1.54, 1.807) is 4.90 Å². The number of carbonyl (C=O) groups is 2. The van der Waals surface area contributed by atoms with Gasteiger partial charge in [-0.25, -0.2) is 4.79 Å². The van der Waals surface area contributed by atoms with Gasteiger partial charge in [-0.3, -0.25) is 4.79 Å². The first kappa shape index (κ1) is 22.1. The fourth-order valence-electron chi connectivity index (χ4n) is 4.75. The molecule has 30 heavy (non-hydrogen) atoms. The maximum Gasteiger partial charge on any atom is 0.404 e. The van der Waals surface area contributed by atoms with E-state index in [-0.39, 0.29) is 12.5 Å². The normalized spacial score (nSPS) is 20.6. The predicted molar refractivity (Wildman–Crippen MR) is 111 cm³/mol. The van der Waals surface area contributed by atoms with Crippen molar-refractivity contribution in [2.24, 2.45) is 17.6 Å². The minimum atomic E-state index is -1.29. The molecule has 2 amide bonds.